The van der Waals surface area contributed by atoms with Crippen LogP contribution >= 0.6 is 0 Å². The van der Waals surface area contributed by atoms with Gasteiger partial charge in [-0.3, -0.25) is 9.69 Å². The van der Waals surface area contributed by atoms with Crippen LogP contribution in [0.5, 0.6) is 0 Å². The molecule has 4 rings (SSSR count). The van der Waals surface area contributed by atoms with Crippen LogP contribution in [0.25, 0.3) is 0 Å². The Bertz CT molecular complexity index is 608. The van der Waals surface area contributed by atoms with Crippen molar-refractivity contribution in [2.45, 2.75) is 0 Å². The summed E-state index contributed by atoms with van der Waals surface area (Å²) < 4.78 is 5.51. The van der Waals surface area contributed by atoms with Crippen LogP contribution in [0.4, 0.5) is 5.95 Å². The monoisotopic (exact) mass is 347 g/mol. The Balaban J connectivity index is 1.28. The molecular weight excluding hydrogens is 322 g/mol. The number of nitrogens with zero attached hydrogens (tertiary/aromatic N) is 5. The van der Waals surface area contributed by atoms with Crippen molar-refractivity contribution in [3.05, 3.63) is 18.5 Å². The Morgan fingerprint density at radius 2 is 2.04 bits per heavy atom. The molecule has 0 unspecified atom stereocenters. The molecule has 3 saturated heterocycles. The van der Waals surface area contributed by atoms with E-state index < -0.39 is 0 Å². The predicted molar refractivity (Wildman–Crippen MR) is 91.1 cm³/mol. The highest BCUT2D eigenvalue weighted by Crippen LogP contribution is 2.40. The van der Waals surface area contributed by atoms with Crippen LogP contribution in [0.15, 0.2) is 18.5 Å². The average molecular weight is 347 g/mol. The first-order chi connectivity index (χ1) is 12.2. The van der Waals surface area contributed by atoms with E-state index in [1.807, 2.05) is 11.0 Å². The van der Waals surface area contributed by atoms with E-state index >= 15 is 0 Å². The van der Waals surface area contributed by atoms with Crippen molar-refractivity contribution in [3.63, 3.8) is 0 Å². The first kappa shape index (κ1) is 16.7. The first-order valence-electron chi connectivity index (χ1n) is 8.91. The normalized spacial score (nSPS) is 29.9. The molecule has 0 aromatic carbocycles. The van der Waals surface area contributed by atoms with Crippen molar-refractivity contribution in [2.24, 2.45) is 11.3 Å². The summed E-state index contributed by atoms with van der Waals surface area (Å²) in [7, 11) is 0. The van der Waals surface area contributed by atoms with Gasteiger partial charge in [-0.05, 0) is 6.07 Å². The number of carbonyl (C=O) groups excluding carboxylic acids is 1. The number of aliphatic hydroxyl groups excluding tert-OH is 1. The highest BCUT2D eigenvalue weighted by molar-refractivity contribution is 5.78. The van der Waals surface area contributed by atoms with Crippen molar-refractivity contribution in [1.82, 2.24) is 19.8 Å². The first-order valence-corrected chi connectivity index (χ1v) is 8.91. The number of carbonyl (C=O) groups is 1. The lowest BCUT2D eigenvalue weighted by Crippen LogP contribution is -2.50. The minimum absolute atomic E-state index is 0.0944. The molecule has 2 atom stereocenters. The summed E-state index contributed by atoms with van der Waals surface area (Å²) in [5.74, 6) is 1.19. The summed E-state index contributed by atoms with van der Waals surface area (Å²) in [6.07, 6.45) is 3.51. The third-order valence-electron chi connectivity index (χ3n) is 5.75. The molecule has 3 fully saturated rings. The fraction of sp³-hybridized carbons (Fsp3) is 0.706. The number of piperazine rings is 1. The van der Waals surface area contributed by atoms with Crippen molar-refractivity contribution in [3.8, 4) is 0 Å². The molecule has 25 heavy (non-hydrogen) atoms. The number of rotatable bonds is 4. The van der Waals surface area contributed by atoms with Gasteiger partial charge in [0.2, 0.25) is 11.9 Å². The molecule has 8 heteroatoms. The average Bonchev–Trinajstić information content (AvgIpc) is 3.21. The maximum atomic E-state index is 12.7. The topological polar surface area (TPSA) is 82.0 Å². The van der Waals surface area contributed by atoms with Gasteiger partial charge in [0.05, 0.1) is 26.4 Å². The zero-order valence-electron chi connectivity index (χ0n) is 14.4. The van der Waals surface area contributed by atoms with Crippen LogP contribution in [0, 0.1) is 11.3 Å². The summed E-state index contributed by atoms with van der Waals surface area (Å²) >= 11 is 0. The van der Waals surface area contributed by atoms with Gasteiger partial charge in [0.1, 0.15) is 0 Å². The molecule has 8 nitrogen and oxygen atoms in total. The molecule has 1 amide bonds. The molecule has 1 aromatic heterocycles. The molecule has 3 aliphatic rings. The van der Waals surface area contributed by atoms with Crippen LogP contribution < -0.4 is 4.90 Å². The minimum atomic E-state index is -0.237. The lowest BCUT2D eigenvalue weighted by molar-refractivity contribution is -0.132. The fourth-order valence-corrected chi connectivity index (χ4v) is 4.10. The molecule has 136 valence electrons. The van der Waals surface area contributed by atoms with Crippen molar-refractivity contribution >= 4 is 11.9 Å². The second-order valence-corrected chi connectivity index (χ2v) is 7.32. The van der Waals surface area contributed by atoms with Gasteiger partial charge < -0.3 is 19.6 Å². The van der Waals surface area contributed by atoms with E-state index in [-0.39, 0.29) is 23.8 Å². The maximum absolute atomic E-state index is 12.7. The fourth-order valence-electron chi connectivity index (χ4n) is 4.10. The number of hydrogen-bond donors (Lipinski definition) is 1. The molecule has 3 aliphatic heterocycles. The Kier molecular flexibility index (Phi) is 4.58. The second kappa shape index (κ2) is 6.86. The van der Waals surface area contributed by atoms with E-state index in [9.17, 15) is 9.90 Å². The van der Waals surface area contributed by atoms with Crippen molar-refractivity contribution in [1.29, 1.82) is 0 Å². The molecule has 0 bridgehead atoms. The Morgan fingerprint density at radius 1 is 1.28 bits per heavy atom. The van der Waals surface area contributed by atoms with Gasteiger partial charge in [-0.2, -0.15) is 0 Å². The smallest absolute Gasteiger partial charge is 0.236 e. The number of aromatic nitrogens is 2. The number of likely N-dealkylation sites (tertiary alicyclic amines) is 1. The molecule has 0 saturated carbocycles. The second-order valence-electron chi connectivity index (χ2n) is 7.32. The predicted octanol–water partition coefficient (Wildman–Crippen LogP) is -0.934. The molecule has 4 heterocycles. The van der Waals surface area contributed by atoms with Gasteiger partial charge in [0.15, 0.2) is 0 Å². The summed E-state index contributed by atoms with van der Waals surface area (Å²) in [5.41, 5.74) is -0.237. The van der Waals surface area contributed by atoms with Crippen molar-refractivity contribution in [2.75, 3.05) is 70.5 Å². The number of hydrogen-bond acceptors (Lipinski definition) is 7. The zero-order chi connectivity index (χ0) is 17.3. The molecule has 0 aliphatic carbocycles. The maximum Gasteiger partial charge on any atom is 0.236 e. The molecule has 0 radical (unpaired) electrons. The number of aliphatic hydroxyl groups is 1. The standard InChI is InChI=1S/C17H25N5O3/c23-12-17-11-22(8-14(17)10-25-13-17)15(24)9-20-4-6-21(7-5-20)16-18-2-1-3-19-16/h1-3,14,23H,4-13H2/t14-,17-/m0/s1. The quantitative estimate of drug-likeness (QED) is 0.753. The van der Waals surface area contributed by atoms with Gasteiger partial charge in [0.25, 0.3) is 0 Å². The van der Waals surface area contributed by atoms with E-state index in [0.717, 1.165) is 32.1 Å². The van der Waals surface area contributed by atoms with Gasteiger partial charge in [-0.1, -0.05) is 0 Å². The van der Waals surface area contributed by atoms with Crippen LogP contribution in [-0.4, -0.2) is 96.4 Å². The van der Waals surface area contributed by atoms with Gasteiger partial charge in [-0.25, -0.2) is 9.97 Å². The number of fused-ring (bicyclic) bond motifs is 1. The molecule has 1 aromatic rings. The Hall–Kier alpha value is -1.77. The summed E-state index contributed by atoms with van der Waals surface area (Å²) in [6.45, 7) is 6.39. The lowest BCUT2D eigenvalue weighted by atomic mass is 9.82. The Labute approximate surface area is 147 Å². The SMILES string of the molecule is O=C(CN1CCN(c2ncccn2)CC1)N1C[C@H]2COC[C@@]2(CO)C1. The van der Waals surface area contributed by atoms with E-state index in [1.54, 1.807) is 12.4 Å². The summed E-state index contributed by atoms with van der Waals surface area (Å²) in [5, 5.41) is 9.74. The summed E-state index contributed by atoms with van der Waals surface area (Å²) in [4.78, 5) is 27.5. The van der Waals surface area contributed by atoms with Gasteiger partial charge in [0, 0.05) is 63.0 Å². The third kappa shape index (κ3) is 3.21. The minimum Gasteiger partial charge on any atom is -0.396 e. The summed E-state index contributed by atoms with van der Waals surface area (Å²) in [6, 6.07) is 1.81. The van der Waals surface area contributed by atoms with Crippen LogP contribution in [0.1, 0.15) is 0 Å². The van der Waals surface area contributed by atoms with E-state index in [4.69, 9.17) is 4.74 Å². The van der Waals surface area contributed by atoms with Crippen molar-refractivity contribution < 1.29 is 14.6 Å². The molecule has 1 N–H and O–H groups in total. The van der Waals surface area contributed by atoms with Crippen LogP contribution in [-0.2, 0) is 9.53 Å². The van der Waals surface area contributed by atoms with Gasteiger partial charge in [-0.15, -0.1) is 0 Å². The lowest BCUT2D eigenvalue weighted by Gasteiger charge is -2.35. The number of ether oxygens (including phenoxy) is 1. The van der Waals surface area contributed by atoms with Crippen LogP contribution in [0.3, 0.4) is 0 Å². The third-order valence-corrected chi connectivity index (χ3v) is 5.75. The van der Waals surface area contributed by atoms with E-state index in [0.29, 0.717) is 32.8 Å². The molecular formula is C17H25N5O3. The number of anilines is 1. The van der Waals surface area contributed by atoms with E-state index in [1.165, 1.54) is 0 Å². The highest BCUT2D eigenvalue weighted by Gasteiger charge is 2.51. The Morgan fingerprint density at radius 3 is 2.72 bits per heavy atom. The largest absolute Gasteiger partial charge is 0.396 e. The zero-order valence-corrected chi connectivity index (χ0v) is 14.4. The molecule has 0 spiro atoms. The highest BCUT2D eigenvalue weighted by atomic mass is 16.5. The van der Waals surface area contributed by atoms with E-state index in [2.05, 4.69) is 19.8 Å². The van der Waals surface area contributed by atoms with Crippen LogP contribution in [0.2, 0.25) is 0 Å². The number of amides is 1. The van der Waals surface area contributed by atoms with Gasteiger partial charge >= 0.3 is 0 Å².